The molecule has 0 aliphatic rings. The Morgan fingerprint density at radius 2 is 1.44 bits per heavy atom. The van der Waals surface area contributed by atoms with Gasteiger partial charge in [0.1, 0.15) is 0 Å². The highest BCUT2D eigenvalue weighted by atomic mass is 14.5. The fourth-order valence-corrected chi connectivity index (χ4v) is 0.763. The minimum atomic E-state index is 0.479. The van der Waals surface area contributed by atoms with Crippen LogP contribution in [-0.2, 0) is 0 Å². The zero-order chi connectivity index (χ0) is 6.85. The Morgan fingerprint density at radius 1 is 1.00 bits per heavy atom. The quantitative estimate of drug-likeness (QED) is 0.497. The van der Waals surface area contributed by atoms with E-state index in [1.165, 1.54) is 0 Å². The van der Waals surface area contributed by atoms with Crippen LogP contribution in [-0.4, -0.2) is 0 Å². The van der Waals surface area contributed by atoms with Gasteiger partial charge in [0.15, 0.2) is 0 Å². The summed E-state index contributed by atoms with van der Waals surface area (Å²) in [7, 11) is 0. The summed E-state index contributed by atoms with van der Waals surface area (Å²) in [6, 6.07) is 5.25. The number of nitrogens with one attached hydrogen (secondary N) is 1. The van der Waals surface area contributed by atoms with E-state index < -0.39 is 0 Å². The molecule has 0 saturated heterocycles. The Morgan fingerprint density at radius 3 is 1.78 bits per heavy atom. The van der Waals surface area contributed by atoms with E-state index in [4.69, 9.17) is 5.73 Å². The lowest BCUT2D eigenvalue weighted by Gasteiger charge is -1.95. The van der Waals surface area contributed by atoms with Crippen LogP contribution in [0.3, 0.4) is 0 Å². The van der Waals surface area contributed by atoms with Gasteiger partial charge in [0, 0.05) is 0 Å². The van der Waals surface area contributed by atoms with Gasteiger partial charge in [-0.15, -0.1) is 0 Å². The van der Waals surface area contributed by atoms with Crippen molar-refractivity contribution in [3.8, 4) is 0 Å². The maximum Gasteiger partial charge on any atom is 0.0545 e. The third-order valence-corrected chi connectivity index (χ3v) is 1.05. The highest BCUT2D eigenvalue weighted by Crippen LogP contribution is 2.10. The van der Waals surface area contributed by atoms with Crippen LogP contribution in [0, 0.1) is 13.8 Å². The highest BCUT2D eigenvalue weighted by molar-refractivity contribution is 5.43. The molecule has 0 spiro atoms. The Balaban J connectivity index is 3.17. The second-order valence-electron chi connectivity index (χ2n) is 2.04. The molecule has 0 unspecified atom stereocenters. The lowest BCUT2D eigenvalue weighted by Crippen LogP contribution is -1.76. The van der Waals surface area contributed by atoms with Crippen LogP contribution in [0.4, 0.5) is 5.69 Å². The molecular weight excluding hydrogens is 110 g/mol. The van der Waals surface area contributed by atoms with Crippen LogP contribution < -0.4 is 5.73 Å². The molecule has 1 rings (SSSR count). The van der Waals surface area contributed by atoms with Gasteiger partial charge < -0.3 is 5.73 Å². The molecule has 0 aliphatic heterocycles. The van der Waals surface area contributed by atoms with E-state index in [1.54, 1.807) is 12.1 Å². The minimum Gasteiger partial charge on any atom is -0.301 e. The summed E-state index contributed by atoms with van der Waals surface area (Å²) in [5.41, 5.74) is 9.38. The normalized spacial score (nSPS) is 9.56. The van der Waals surface area contributed by atoms with Gasteiger partial charge in [0.25, 0.3) is 0 Å². The summed E-state index contributed by atoms with van der Waals surface area (Å²) in [6.45, 7) is 7.36. The average Bonchev–Trinajstić information content (AvgIpc) is 1.59. The molecule has 0 saturated carbocycles. The Bertz CT molecular complexity index is 165. The first-order valence-corrected chi connectivity index (χ1v) is 2.69. The van der Waals surface area contributed by atoms with E-state index in [-0.39, 0.29) is 0 Å². The van der Waals surface area contributed by atoms with E-state index in [0.29, 0.717) is 5.69 Å². The molecule has 45 valence electrons. The second kappa shape index (κ2) is 2.09. The van der Waals surface area contributed by atoms with E-state index in [9.17, 15) is 0 Å². The monoisotopic (exact) mass is 118 g/mol. The van der Waals surface area contributed by atoms with Crippen LogP contribution in [0.25, 0.3) is 0 Å². The summed E-state index contributed by atoms with van der Waals surface area (Å²) in [4.78, 5) is 0. The molecule has 1 aromatic rings. The third-order valence-electron chi connectivity index (χ3n) is 1.05. The molecule has 9 heavy (non-hydrogen) atoms. The molecule has 0 fully saturated rings. The standard InChI is InChI=1S/C8H8N/c1-6-3-7(2)5-8(9)4-6/h3-5,9H,1-2H2. The number of hydrogen-bond donors (Lipinski definition) is 0. The lowest BCUT2D eigenvalue weighted by molar-refractivity contribution is 1.44. The molecule has 0 amide bonds. The van der Waals surface area contributed by atoms with Crippen LogP contribution in [0.15, 0.2) is 18.2 Å². The largest absolute Gasteiger partial charge is 0.301 e. The number of hydrogen-bond acceptors (Lipinski definition) is 0. The van der Waals surface area contributed by atoms with E-state index in [0.717, 1.165) is 11.1 Å². The molecule has 1 aromatic carbocycles. The maximum atomic E-state index is 7.20. The van der Waals surface area contributed by atoms with Crippen LogP contribution in [0.5, 0.6) is 0 Å². The topological polar surface area (TPSA) is 23.8 Å². The highest BCUT2D eigenvalue weighted by Gasteiger charge is 1.88. The minimum absolute atomic E-state index is 0.479. The predicted molar refractivity (Wildman–Crippen MR) is 38.1 cm³/mol. The van der Waals surface area contributed by atoms with Crippen molar-refractivity contribution < 1.29 is 0 Å². The second-order valence-corrected chi connectivity index (χ2v) is 2.04. The molecule has 1 N–H and O–H groups in total. The summed E-state index contributed by atoms with van der Waals surface area (Å²) >= 11 is 0. The van der Waals surface area contributed by atoms with E-state index in [2.05, 4.69) is 13.8 Å². The molecule has 0 heterocycles. The van der Waals surface area contributed by atoms with Crippen LogP contribution in [0.1, 0.15) is 11.1 Å². The van der Waals surface area contributed by atoms with Crippen molar-refractivity contribution in [2.75, 3.05) is 0 Å². The van der Waals surface area contributed by atoms with Crippen molar-refractivity contribution in [2.24, 2.45) is 0 Å². The molecule has 0 aromatic heterocycles. The van der Waals surface area contributed by atoms with Gasteiger partial charge >= 0.3 is 0 Å². The van der Waals surface area contributed by atoms with E-state index >= 15 is 0 Å². The first kappa shape index (κ1) is 6.14. The Hall–Kier alpha value is -0.980. The summed E-state index contributed by atoms with van der Waals surface area (Å²) in [6.07, 6.45) is 0. The summed E-state index contributed by atoms with van der Waals surface area (Å²) in [5.74, 6) is 0. The predicted octanol–water partition coefficient (Wildman–Crippen LogP) is 1.97. The average molecular weight is 118 g/mol. The molecule has 1 heteroatoms. The molecule has 3 radical (unpaired) electrons. The summed E-state index contributed by atoms with van der Waals surface area (Å²) in [5, 5.41) is 0. The SMILES string of the molecule is [CH2]c1cc([CH2])cc([NH])c1. The first-order valence-electron chi connectivity index (χ1n) is 2.69. The zero-order valence-corrected chi connectivity index (χ0v) is 5.15. The van der Waals surface area contributed by atoms with Gasteiger partial charge in [-0.2, -0.15) is 0 Å². The van der Waals surface area contributed by atoms with Gasteiger partial charge in [-0.25, -0.2) is 0 Å². The van der Waals surface area contributed by atoms with Crippen molar-refractivity contribution in [1.82, 2.24) is 5.73 Å². The fourth-order valence-electron chi connectivity index (χ4n) is 0.763. The smallest absolute Gasteiger partial charge is 0.0545 e. The van der Waals surface area contributed by atoms with Crippen molar-refractivity contribution in [2.45, 2.75) is 0 Å². The Kier molecular flexibility index (Phi) is 1.43. The van der Waals surface area contributed by atoms with Gasteiger partial charge in [0.05, 0.1) is 5.69 Å². The van der Waals surface area contributed by atoms with Crippen LogP contribution >= 0.6 is 0 Å². The van der Waals surface area contributed by atoms with Crippen molar-refractivity contribution in [3.05, 3.63) is 43.2 Å². The van der Waals surface area contributed by atoms with Gasteiger partial charge in [-0.1, -0.05) is 6.07 Å². The molecule has 0 aliphatic carbocycles. The molecular formula is C8H8N. The molecule has 0 bridgehead atoms. The third kappa shape index (κ3) is 1.46. The van der Waals surface area contributed by atoms with Crippen molar-refractivity contribution in [3.63, 3.8) is 0 Å². The van der Waals surface area contributed by atoms with Crippen molar-refractivity contribution in [1.29, 1.82) is 0 Å². The van der Waals surface area contributed by atoms with Gasteiger partial charge in [0.2, 0.25) is 0 Å². The maximum absolute atomic E-state index is 7.20. The number of rotatable bonds is 0. The first-order chi connectivity index (χ1) is 4.18. The van der Waals surface area contributed by atoms with Crippen LogP contribution in [0.2, 0.25) is 0 Å². The zero-order valence-electron chi connectivity index (χ0n) is 5.15. The number of benzene rings is 1. The molecule has 0 atom stereocenters. The van der Waals surface area contributed by atoms with E-state index in [1.807, 2.05) is 6.07 Å². The fraction of sp³-hybridized carbons (Fsp3) is 0. The lowest BCUT2D eigenvalue weighted by atomic mass is 10.1. The summed E-state index contributed by atoms with van der Waals surface area (Å²) < 4.78 is 0. The van der Waals surface area contributed by atoms with Gasteiger partial charge in [-0.3, -0.25) is 0 Å². The molecule has 1 nitrogen and oxygen atoms in total. The van der Waals surface area contributed by atoms with Gasteiger partial charge in [-0.05, 0) is 37.1 Å². The van der Waals surface area contributed by atoms with Crippen molar-refractivity contribution >= 4 is 5.69 Å². The Labute approximate surface area is 55.5 Å².